The van der Waals surface area contributed by atoms with Crippen LogP contribution < -0.4 is 0 Å². The van der Waals surface area contributed by atoms with Gasteiger partial charge in [-0.1, -0.05) is 23.2 Å². The lowest BCUT2D eigenvalue weighted by atomic mass is 10.1. The molecule has 18 heavy (non-hydrogen) atoms. The third-order valence-electron chi connectivity index (χ3n) is 2.18. The van der Waals surface area contributed by atoms with Crippen LogP contribution in [0.5, 0.6) is 0 Å². The highest BCUT2D eigenvalue weighted by atomic mass is 35.5. The van der Waals surface area contributed by atoms with E-state index in [4.69, 9.17) is 34.8 Å². The first-order valence-electron chi connectivity index (χ1n) is 4.71. The second-order valence-corrected chi connectivity index (χ2v) is 4.68. The Kier molecular flexibility index (Phi) is 5.19. The number of methoxy groups -OCH3 is 1. The van der Waals surface area contributed by atoms with E-state index in [1.165, 1.54) is 7.11 Å². The van der Waals surface area contributed by atoms with Crippen molar-refractivity contribution in [1.29, 1.82) is 0 Å². The van der Waals surface area contributed by atoms with Gasteiger partial charge >= 0.3 is 5.97 Å². The molecule has 0 N–H and O–H groups in total. The molecule has 1 aromatic carbocycles. The second kappa shape index (κ2) is 6.22. The number of carbonyl (C=O) groups excluding carboxylic acids is 1. The third kappa shape index (κ3) is 3.48. The van der Waals surface area contributed by atoms with Gasteiger partial charge in [-0.25, -0.2) is 0 Å². The van der Waals surface area contributed by atoms with Crippen molar-refractivity contribution in [2.24, 2.45) is 0 Å². The molecule has 0 aliphatic carbocycles. The predicted octanol–water partition coefficient (Wildman–Crippen LogP) is 3.22. The van der Waals surface area contributed by atoms with E-state index in [1.807, 2.05) is 0 Å². The number of hydrogen-bond acceptors (Lipinski definition) is 4. The van der Waals surface area contributed by atoms with Gasteiger partial charge in [0.15, 0.2) is 0 Å². The molecular formula is C10H8Cl3NO4. The fourth-order valence-electron chi connectivity index (χ4n) is 1.28. The predicted molar refractivity (Wildman–Crippen MR) is 68.5 cm³/mol. The zero-order chi connectivity index (χ0) is 13.9. The standard InChI is InChI=1S/C10H8Cl3NO4/c1-18-10(15)9(13)4-6-7(11)2-5(14(16)17)3-8(6)12/h2-3,9H,4H2,1H3. The molecule has 0 saturated heterocycles. The van der Waals surface area contributed by atoms with Crippen LogP contribution in [0.3, 0.4) is 0 Å². The van der Waals surface area contributed by atoms with Gasteiger partial charge in [0, 0.05) is 18.6 Å². The number of carbonyl (C=O) groups is 1. The van der Waals surface area contributed by atoms with Gasteiger partial charge in [-0.2, -0.15) is 0 Å². The minimum atomic E-state index is -0.952. The van der Waals surface area contributed by atoms with Crippen molar-refractivity contribution in [2.45, 2.75) is 11.8 Å². The Balaban J connectivity index is 3.04. The van der Waals surface area contributed by atoms with Crippen molar-refractivity contribution in [3.8, 4) is 0 Å². The van der Waals surface area contributed by atoms with E-state index >= 15 is 0 Å². The average molecular weight is 313 g/mol. The van der Waals surface area contributed by atoms with Crippen LogP contribution >= 0.6 is 34.8 Å². The van der Waals surface area contributed by atoms with Crippen LogP contribution in [0, 0.1) is 10.1 Å². The fraction of sp³-hybridized carbons (Fsp3) is 0.300. The molecule has 0 radical (unpaired) electrons. The van der Waals surface area contributed by atoms with Gasteiger partial charge in [0.2, 0.25) is 0 Å². The highest BCUT2D eigenvalue weighted by molar-refractivity contribution is 6.37. The first kappa shape index (κ1) is 15.0. The SMILES string of the molecule is COC(=O)C(Cl)Cc1c(Cl)cc([N+](=O)[O-])cc1Cl. The maximum atomic E-state index is 11.2. The molecular weight excluding hydrogens is 304 g/mol. The van der Waals surface area contributed by atoms with E-state index in [0.29, 0.717) is 5.56 Å². The van der Waals surface area contributed by atoms with E-state index < -0.39 is 16.3 Å². The zero-order valence-corrected chi connectivity index (χ0v) is 11.4. The van der Waals surface area contributed by atoms with Gasteiger partial charge in [-0.15, -0.1) is 11.6 Å². The summed E-state index contributed by atoms with van der Waals surface area (Å²) in [7, 11) is 1.21. The molecule has 1 aromatic rings. The Morgan fingerprint density at radius 2 is 1.94 bits per heavy atom. The molecule has 0 spiro atoms. The molecule has 0 aliphatic rings. The third-order valence-corrected chi connectivity index (χ3v) is 3.18. The summed E-state index contributed by atoms with van der Waals surface area (Å²) in [6, 6.07) is 2.31. The van der Waals surface area contributed by atoms with Gasteiger partial charge < -0.3 is 4.74 Å². The zero-order valence-electron chi connectivity index (χ0n) is 9.15. The topological polar surface area (TPSA) is 69.4 Å². The Hall–Kier alpha value is -1.04. The highest BCUT2D eigenvalue weighted by Crippen LogP contribution is 2.31. The van der Waals surface area contributed by atoms with Crippen LogP contribution in [-0.2, 0) is 16.0 Å². The van der Waals surface area contributed by atoms with E-state index in [-0.39, 0.29) is 22.2 Å². The minimum absolute atomic E-state index is 0.0316. The fourth-order valence-corrected chi connectivity index (χ4v) is 2.15. The summed E-state index contributed by atoms with van der Waals surface area (Å²) in [5.74, 6) is -0.623. The van der Waals surface area contributed by atoms with Crippen LogP contribution in [0.25, 0.3) is 0 Å². The van der Waals surface area contributed by atoms with E-state index in [1.54, 1.807) is 0 Å². The van der Waals surface area contributed by atoms with Crippen molar-refractivity contribution in [3.05, 3.63) is 37.9 Å². The Morgan fingerprint density at radius 3 is 2.33 bits per heavy atom. The second-order valence-electron chi connectivity index (χ2n) is 3.34. The van der Waals surface area contributed by atoms with Gasteiger partial charge in [0.05, 0.1) is 22.1 Å². The number of rotatable bonds is 4. The lowest BCUT2D eigenvalue weighted by Gasteiger charge is -2.10. The molecule has 0 heterocycles. The van der Waals surface area contributed by atoms with Gasteiger partial charge in [-0.3, -0.25) is 14.9 Å². The maximum absolute atomic E-state index is 11.2. The molecule has 0 saturated carbocycles. The summed E-state index contributed by atoms with van der Waals surface area (Å²) in [5.41, 5.74) is 0.146. The summed E-state index contributed by atoms with van der Waals surface area (Å²) in [6.07, 6.45) is 0.0316. The highest BCUT2D eigenvalue weighted by Gasteiger charge is 2.21. The quantitative estimate of drug-likeness (QED) is 0.370. The largest absolute Gasteiger partial charge is 0.468 e. The summed E-state index contributed by atoms with van der Waals surface area (Å²) >= 11 is 17.5. The van der Waals surface area contributed by atoms with E-state index in [2.05, 4.69) is 4.74 Å². The number of nitro benzene ring substituents is 1. The van der Waals surface area contributed by atoms with Crippen LogP contribution in [-0.4, -0.2) is 23.4 Å². The smallest absolute Gasteiger partial charge is 0.324 e. The molecule has 0 aromatic heterocycles. The number of nitrogens with zero attached hydrogens (tertiary/aromatic N) is 1. The molecule has 8 heteroatoms. The molecule has 0 bridgehead atoms. The molecule has 0 fully saturated rings. The Labute approximate surface area is 118 Å². The van der Waals surface area contributed by atoms with Crippen molar-refractivity contribution >= 4 is 46.5 Å². The molecule has 0 aliphatic heterocycles. The number of alkyl halides is 1. The molecule has 5 nitrogen and oxygen atoms in total. The summed E-state index contributed by atoms with van der Waals surface area (Å²) < 4.78 is 4.46. The van der Waals surface area contributed by atoms with Gasteiger partial charge in [0.1, 0.15) is 5.38 Å². The normalized spacial score (nSPS) is 12.0. The van der Waals surface area contributed by atoms with Crippen LogP contribution in [0.2, 0.25) is 10.0 Å². The number of nitro groups is 1. The summed E-state index contributed by atoms with van der Waals surface area (Å²) in [5, 5.41) is 9.80. The number of halogens is 3. The first-order chi connectivity index (χ1) is 8.36. The Morgan fingerprint density at radius 1 is 1.44 bits per heavy atom. The molecule has 1 rings (SSSR count). The lowest BCUT2D eigenvalue weighted by Crippen LogP contribution is -2.19. The summed E-state index contributed by atoms with van der Waals surface area (Å²) in [4.78, 5) is 21.1. The molecule has 1 atom stereocenters. The van der Waals surface area contributed by atoms with Crippen LogP contribution in [0.1, 0.15) is 5.56 Å². The van der Waals surface area contributed by atoms with Crippen molar-refractivity contribution in [1.82, 2.24) is 0 Å². The maximum Gasteiger partial charge on any atom is 0.324 e. The molecule has 0 amide bonds. The lowest BCUT2D eigenvalue weighted by molar-refractivity contribution is -0.384. The summed E-state index contributed by atoms with van der Waals surface area (Å²) in [6.45, 7) is 0. The van der Waals surface area contributed by atoms with Crippen LogP contribution in [0.4, 0.5) is 5.69 Å². The number of benzene rings is 1. The van der Waals surface area contributed by atoms with Gasteiger partial charge in [0.25, 0.3) is 5.69 Å². The van der Waals surface area contributed by atoms with Crippen molar-refractivity contribution in [3.63, 3.8) is 0 Å². The average Bonchev–Trinajstić information content (AvgIpc) is 2.31. The monoisotopic (exact) mass is 311 g/mol. The molecule has 1 unspecified atom stereocenters. The van der Waals surface area contributed by atoms with E-state index in [0.717, 1.165) is 12.1 Å². The van der Waals surface area contributed by atoms with Crippen molar-refractivity contribution < 1.29 is 14.5 Å². The number of non-ortho nitro benzene ring substituents is 1. The van der Waals surface area contributed by atoms with E-state index in [9.17, 15) is 14.9 Å². The van der Waals surface area contributed by atoms with Crippen molar-refractivity contribution in [2.75, 3.05) is 7.11 Å². The minimum Gasteiger partial charge on any atom is -0.468 e. The first-order valence-corrected chi connectivity index (χ1v) is 5.90. The number of ether oxygens (including phenoxy) is 1. The van der Waals surface area contributed by atoms with Gasteiger partial charge in [-0.05, 0) is 5.56 Å². The number of hydrogen-bond donors (Lipinski definition) is 0. The Bertz CT molecular complexity index is 469. The van der Waals surface area contributed by atoms with Crippen LogP contribution in [0.15, 0.2) is 12.1 Å². The molecule has 98 valence electrons. The number of esters is 1.